The van der Waals surface area contributed by atoms with Gasteiger partial charge in [-0.05, 0) is 62.5 Å². The Morgan fingerprint density at radius 3 is 1.70 bits per heavy atom. The normalized spacial score (nSPS) is 11.5. The molecule has 1 heterocycles. The zero-order chi connectivity index (χ0) is 25.5. The van der Waals surface area contributed by atoms with Crippen LogP contribution >= 0.6 is 11.3 Å². The Morgan fingerprint density at radius 2 is 1.05 bits per heavy atom. The van der Waals surface area contributed by atoms with Crippen molar-refractivity contribution >= 4 is 34.6 Å². The highest BCUT2D eigenvalue weighted by Crippen LogP contribution is 2.30. The van der Waals surface area contributed by atoms with Crippen LogP contribution in [0.2, 0.25) is 0 Å². The molecule has 2 nitrogen and oxygen atoms in total. The largest absolute Gasteiger partial charge is 0.192 e. The highest BCUT2D eigenvalue weighted by molar-refractivity contribution is 7.11. The van der Waals surface area contributed by atoms with Crippen molar-refractivity contribution in [2.45, 2.75) is 0 Å². The summed E-state index contributed by atoms with van der Waals surface area (Å²) in [5, 5.41) is 21.5. The summed E-state index contributed by atoms with van der Waals surface area (Å²) < 4.78 is 0. The fourth-order valence-electron chi connectivity index (χ4n) is 4.11. The van der Waals surface area contributed by atoms with Crippen molar-refractivity contribution < 1.29 is 0 Å². The van der Waals surface area contributed by atoms with Crippen LogP contribution in [0.25, 0.3) is 45.6 Å². The number of hydrogen-bond donors (Lipinski definition) is 0. The number of nitrogens with zero attached hydrogens (tertiary/aromatic N) is 2. The van der Waals surface area contributed by atoms with E-state index in [4.69, 9.17) is 0 Å². The lowest BCUT2D eigenvalue weighted by atomic mass is 9.99. The van der Waals surface area contributed by atoms with Gasteiger partial charge in [0, 0.05) is 4.88 Å². The summed E-state index contributed by atoms with van der Waals surface area (Å²) in [5.74, 6) is 0. The molecule has 0 bridgehead atoms. The molecule has 174 valence electrons. The third-order valence-electron chi connectivity index (χ3n) is 6.09. The molecule has 0 N–H and O–H groups in total. The highest BCUT2D eigenvalue weighted by Gasteiger charge is 2.06. The molecule has 0 atom stereocenters. The summed E-state index contributed by atoms with van der Waals surface area (Å²) in [5.41, 5.74) is 8.54. The van der Waals surface area contributed by atoms with Crippen molar-refractivity contribution in [2.24, 2.45) is 0 Å². The second-order valence-corrected chi connectivity index (χ2v) is 9.45. The van der Waals surface area contributed by atoms with Crippen LogP contribution < -0.4 is 0 Å². The van der Waals surface area contributed by atoms with Crippen LogP contribution in [0.3, 0.4) is 0 Å². The summed E-state index contributed by atoms with van der Waals surface area (Å²) in [6.07, 6.45) is 3.85. The highest BCUT2D eigenvalue weighted by atomic mass is 32.1. The van der Waals surface area contributed by atoms with E-state index in [1.807, 2.05) is 84.9 Å². The molecule has 5 aromatic rings. The summed E-state index contributed by atoms with van der Waals surface area (Å²) in [6, 6.07) is 43.0. The molecule has 0 spiro atoms. The van der Waals surface area contributed by atoms with E-state index >= 15 is 0 Å². The first-order chi connectivity index (χ1) is 18.2. The third kappa shape index (κ3) is 5.65. The Balaban J connectivity index is 1.34. The minimum Gasteiger partial charge on any atom is -0.192 e. The van der Waals surface area contributed by atoms with Gasteiger partial charge in [0.05, 0.1) is 23.3 Å². The molecule has 0 aliphatic rings. The van der Waals surface area contributed by atoms with Crippen molar-refractivity contribution in [2.75, 3.05) is 0 Å². The minimum absolute atomic E-state index is 0.625. The van der Waals surface area contributed by atoms with Crippen molar-refractivity contribution in [1.29, 1.82) is 10.5 Å². The molecule has 0 fully saturated rings. The van der Waals surface area contributed by atoms with E-state index in [0.29, 0.717) is 11.1 Å². The lowest BCUT2D eigenvalue weighted by molar-refractivity contribution is 1.52. The van der Waals surface area contributed by atoms with E-state index in [0.717, 1.165) is 43.8 Å². The summed E-state index contributed by atoms with van der Waals surface area (Å²) >= 11 is 1.62. The number of allylic oxidation sites excluding steroid dienone is 2. The zero-order valence-corrected chi connectivity index (χ0v) is 20.8. The average molecular weight is 491 g/mol. The van der Waals surface area contributed by atoms with Crippen LogP contribution in [0.15, 0.2) is 121 Å². The molecule has 5 rings (SSSR count). The number of benzene rings is 4. The first kappa shape index (κ1) is 23.8. The Hall–Kier alpha value is -4.96. The number of hydrogen-bond acceptors (Lipinski definition) is 3. The quantitative estimate of drug-likeness (QED) is 0.176. The molecule has 0 saturated heterocycles. The van der Waals surface area contributed by atoms with Crippen LogP contribution in [0.5, 0.6) is 0 Å². The molecule has 0 aliphatic heterocycles. The van der Waals surface area contributed by atoms with E-state index in [-0.39, 0.29) is 0 Å². The fraction of sp³-hybridized carbons (Fsp3) is 0. The first-order valence-corrected chi connectivity index (χ1v) is 12.8. The van der Waals surface area contributed by atoms with Gasteiger partial charge in [0.15, 0.2) is 0 Å². The van der Waals surface area contributed by atoms with E-state index in [9.17, 15) is 10.5 Å². The van der Waals surface area contributed by atoms with Crippen molar-refractivity contribution in [3.05, 3.63) is 142 Å². The molecule has 4 aromatic carbocycles. The smallest absolute Gasteiger partial charge is 0.0998 e. The maximum Gasteiger partial charge on any atom is 0.0998 e. The van der Waals surface area contributed by atoms with Crippen LogP contribution in [0.4, 0.5) is 0 Å². The lowest BCUT2D eigenvalue weighted by Gasteiger charge is -2.05. The van der Waals surface area contributed by atoms with E-state index in [1.54, 1.807) is 11.3 Å². The van der Waals surface area contributed by atoms with Crippen molar-refractivity contribution in [3.63, 3.8) is 0 Å². The zero-order valence-electron chi connectivity index (χ0n) is 20.0. The Morgan fingerprint density at radius 1 is 0.541 bits per heavy atom. The second kappa shape index (κ2) is 11.2. The summed E-state index contributed by atoms with van der Waals surface area (Å²) in [4.78, 5) is 1.03. The standard InChI is InChI=1S/C34H22N2S/c35-22-31(29-17-15-28(16-18-29)26-7-3-1-4-8-26)19-25-11-13-30(14-12-25)33-21-34(37-24-33)20-32(23-36)27-9-5-2-6-10-27/h1-21,24H/b31-19+,32-20+. The number of nitriles is 2. The Bertz CT molecular complexity index is 1640. The SMILES string of the molecule is N#C/C(=C\c1cc(-c2ccc(/C=C(\C#N)c3ccc(-c4ccccc4)cc3)cc2)cs1)c1ccccc1. The minimum atomic E-state index is 0.625. The Labute approximate surface area is 221 Å². The van der Waals surface area contributed by atoms with Crippen LogP contribution in [-0.2, 0) is 0 Å². The fourth-order valence-corrected chi connectivity index (χ4v) is 4.96. The second-order valence-electron chi connectivity index (χ2n) is 8.51. The molecule has 0 radical (unpaired) electrons. The topological polar surface area (TPSA) is 47.6 Å². The van der Waals surface area contributed by atoms with Gasteiger partial charge in [-0.3, -0.25) is 0 Å². The molecule has 0 aliphatic carbocycles. The third-order valence-corrected chi connectivity index (χ3v) is 6.97. The van der Waals surface area contributed by atoms with Gasteiger partial charge in [-0.25, -0.2) is 0 Å². The maximum absolute atomic E-state index is 9.79. The summed E-state index contributed by atoms with van der Waals surface area (Å²) in [7, 11) is 0. The van der Waals surface area contributed by atoms with Crippen LogP contribution in [0, 0.1) is 22.7 Å². The van der Waals surface area contributed by atoms with Gasteiger partial charge in [-0.2, -0.15) is 10.5 Å². The molecule has 1 aromatic heterocycles. The molecular formula is C34H22N2S. The molecule has 0 unspecified atom stereocenters. The van der Waals surface area contributed by atoms with E-state index in [2.05, 4.69) is 60.0 Å². The predicted octanol–water partition coefficient (Wildman–Crippen LogP) is 9.21. The number of rotatable bonds is 6. The molecule has 3 heteroatoms. The van der Waals surface area contributed by atoms with Gasteiger partial charge in [0.2, 0.25) is 0 Å². The summed E-state index contributed by atoms with van der Waals surface area (Å²) in [6.45, 7) is 0. The molecular weight excluding hydrogens is 468 g/mol. The van der Waals surface area contributed by atoms with Gasteiger partial charge < -0.3 is 0 Å². The molecule has 0 saturated carbocycles. The predicted molar refractivity (Wildman–Crippen MR) is 155 cm³/mol. The van der Waals surface area contributed by atoms with Gasteiger partial charge in [0.1, 0.15) is 0 Å². The molecule has 37 heavy (non-hydrogen) atoms. The first-order valence-electron chi connectivity index (χ1n) is 11.9. The van der Waals surface area contributed by atoms with Gasteiger partial charge >= 0.3 is 0 Å². The van der Waals surface area contributed by atoms with E-state index in [1.165, 1.54) is 0 Å². The van der Waals surface area contributed by atoms with Crippen LogP contribution in [0.1, 0.15) is 21.6 Å². The van der Waals surface area contributed by atoms with Gasteiger partial charge in [0.25, 0.3) is 0 Å². The van der Waals surface area contributed by atoms with E-state index < -0.39 is 0 Å². The van der Waals surface area contributed by atoms with Gasteiger partial charge in [-0.1, -0.05) is 109 Å². The monoisotopic (exact) mass is 490 g/mol. The maximum atomic E-state index is 9.79. The van der Waals surface area contributed by atoms with Crippen molar-refractivity contribution in [3.8, 4) is 34.4 Å². The average Bonchev–Trinajstić information content (AvgIpc) is 3.44. The lowest BCUT2D eigenvalue weighted by Crippen LogP contribution is -1.84. The van der Waals surface area contributed by atoms with Crippen LogP contribution in [-0.4, -0.2) is 0 Å². The van der Waals surface area contributed by atoms with Gasteiger partial charge in [-0.15, -0.1) is 11.3 Å². The number of thiophene rings is 1. The Kier molecular flexibility index (Phi) is 7.19. The molecule has 0 amide bonds. The van der Waals surface area contributed by atoms with Crippen molar-refractivity contribution in [1.82, 2.24) is 0 Å².